The van der Waals surface area contributed by atoms with E-state index in [4.69, 9.17) is 16.1 Å². The molecule has 0 aliphatic carbocycles. The molecular weight excluding hydrogens is 291 g/mol. The molecule has 0 fully saturated rings. The largest absolute Gasteiger partial charge is 0.364 e. The average Bonchev–Trinajstić information content (AvgIpc) is 2.74. The van der Waals surface area contributed by atoms with Gasteiger partial charge in [0.1, 0.15) is 6.26 Å². The predicted molar refractivity (Wildman–Crippen MR) is 66.2 cm³/mol. The van der Waals surface area contributed by atoms with Crippen LogP contribution in [-0.4, -0.2) is 5.16 Å². The van der Waals surface area contributed by atoms with E-state index in [1.807, 2.05) is 24.3 Å². The van der Waals surface area contributed by atoms with Crippen molar-refractivity contribution in [3.05, 3.63) is 51.3 Å². The molecule has 1 heterocycles. The maximum atomic E-state index is 5.86. The number of hydrogen-bond acceptors (Lipinski definition) is 3. The van der Waals surface area contributed by atoms with Crippen molar-refractivity contribution in [1.29, 1.82) is 0 Å². The first-order chi connectivity index (χ1) is 7.75. The van der Waals surface area contributed by atoms with Gasteiger partial charge in [-0.1, -0.05) is 38.8 Å². The first-order valence-electron chi connectivity index (χ1n) is 4.79. The number of benzene rings is 1. The molecule has 0 aliphatic heterocycles. The molecule has 0 aliphatic rings. The number of nitrogens with one attached hydrogen (secondary N) is 1. The Morgan fingerprint density at radius 1 is 1.31 bits per heavy atom. The van der Waals surface area contributed by atoms with Gasteiger partial charge in [0.05, 0.1) is 5.69 Å². The molecule has 5 heteroatoms. The molecule has 2 aromatic rings. The van der Waals surface area contributed by atoms with Crippen LogP contribution >= 0.6 is 27.5 Å². The summed E-state index contributed by atoms with van der Waals surface area (Å²) in [5.74, 6) is 0. The van der Waals surface area contributed by atoms with Gasteiger partial charge < -0.3 is 9.84 Å². The van der Waals surface area contributed by atoms with Crippen molar-refractivity contribution in [2.45, 2.75) is 13.1 Å². The minimum absolute atomic E-state index is 0.686. The summed E-state index contributed by atoms with van der Waals surface area (Å²) in [7, 11) is 0. The van der Waals surface area contributed by atoms with Gasteiger partial charge in [0, 0.05) is 28.7 Å². The van der Waals surface area contributed by atoms with E-state index in [-0.39, 0.29) is 0 Å². The molecule has 1 aromatic carbocycles. The van der Waals surface area contributed by atoms with Gasteiger partial charge in [0.2, 0.25) is 0 Å². The van der Waals surface area contributed by atoms with Crippen molar-refractivity contribution in [3.63, 3.8) is 0 Å². The van der Waals surface area contributed by atoms with Crippen LogP contribution in [-0.2, 0) is 13.1 Å². The number of hydrogen-bond donors (Lipinski definition) is 1. The minimum Gasteiger partial charge on any atom is -0.364 e. The fraction of sp³-hybridized carbons (Fsp3) is 0.182. The molecule has 0 spiro atoms. The minimum atomic E-state index is 0.686. The molecule has 0 unspecified atom stereocenters. The highest BCUT2D eigenvalue weighted by Gasteiger charge is 2.01. The smallest absolute Gasteiger partial charge is 0.124 e. The predicted octanol–water partition coefficient (Wildman–Crippen LogP) is 3.38. The molecule has 16 heavy (non-hydrogen) atoms. The summed E-state index contributed by atoms with van der Waals surface area (Å²) < 4.78 is 5.75. The second-order valence-electron chi connectivity index (χ2n) is 3.33. The molecule has 84 valence electrons. The van der Waals surface area contributed by atoms with E-state index in [9.17, 15) is 0 Å². The number of nitrogens with zero attached hydrogens (tertiary/aromatic N) is 1. The van der Waals surface area contributed by atoms with Gasteiger partial charge >= 0.3 is 0 Å². The summed E-state index contributed by atoms with van der Waals surface area (Å²) in [4.78, 5) is 0. The van der Waals surface area contributed by atoms with Crippen molar-refractivity contribution in [2.75, 3.05) is 0 Å². The Hall–Kier alpha value is -0.840. The first-order valence-corrected chi connectivity index (χ1v) is 5.97. The first kappa shape index (κ1) is 11.6. The molecule has 0 saturated carbocycles. The second kappa shape index (κ2) is 5.48. The quantitative estimate of drug-likeness (QED) is 0.941. The van der Waals surface area contributed by atoms with E-state index in [1.54, 1.807) is 6.26 Å². The summed E-state index contributed by atoms with van der Waals surface area (Å²) in [5.41, 5.74) is 2.05. The number of aromatic nitrogens is 1. The summed E-state index contributed by atoms with van der Waals surface area (Å²) in [6.45, 7) is 1.44. The van der Waals surface area contributed by atoms with Gasteiger partial charge in [-0.2, -0.15) is 0 Å². The Morgan fingerprint density at radius 3 is 2.88 bits per heavy atom. The molecule has 3 nitrogen and oxygen atoms in total. The van der Waals surface area contributed by atoms with Crippen LogP contribution in [0, 0.1) is 0 Å². The molecule has 0 bridgehead atoms. The Bertz CT molecular complexity index is 459. The topological polar surface area (TPSA) is 38.1 Å². The monoisotopic (exact) mass is 300 g/mol. The second-order valence-corrected chi connectivity index (χ2v) is 4.62. The van der Waals surface area contributed by atoms with E-state index in [1.165, 1.54) is 0 Å². The molecule has 1 aromatic heterocycles. The fourth-order valence-corrected chi connectivity index (χ4v) is 2.14. The highest BCUT2D eigenvalue weighted by Crippen LogP contribution is 2.21. The van der Waals surface area contributed by atoms with E-state index in [0.29, 0.717) is 6.54 Å². The maximum absolute atomic E-state index is 5.86. The zero-order valence-corrected chi connectivity index (χ0v) is 10.8. The lowest BCUT2D eigenvalue weighted by Crippen LogP contribution is -2.13. The van der Waals surface area contributed by atoms with Crippen LogP contribution in [0.3, 0.4) is 0 Å². The molecule has 0 amide bonds. The highest BCUT2D eigenvalue weighted by molar-refractivity contribution is 9.10. The Balaban J connectivity index is 1.90. The molecule has 1 N–H and O–H groups in total. The van der Waals surface area contributed by atoms with E-state index < -0.39 is 0 Å². The van der Waals surface area contributed by atoms with Gasteiger partial charge in [-0.25, -0.2) is 0 Å². The summed E-state index contributed by atoms with van der Waals surface area (Å²) in [5, 5.41) is 7.81. The van der Waals surface area contributed by atoms with Crippen LogP contribution in [0.4, 0.5) is 0 Å². The zero-order chi connectivity index (χ0) is 11.4. The van der Waals surface area contributed by atoms with Crippen molar-refractivity contribution >= 4 is 27.5 Å². The fourth-order valence-electron chi connectivity index (χ4n) is 1.32. The highest BCUT2D eigenvalue weighted by atomic mass is 79.9. The Labute approximate surface area is 107 Å². The van der Waals surface area contributed by atoms with Crippen LogP contribution < -0.4 is 5.32 Å². The third-order valence-corrected chi connectivity index (χ3v) is 3.10. The van der Waals surface area contributed by atoms with E-state index >= 15 is 0 Å². The van der Waals surface area contributed by atoms with E-state index in [2.05, 4.69) is 26.4 Å². The van der Waals surface area contributed by atoms with Gasteiger partial charge in [-0.3, -0.25) is 0 Å². The van der Waals surface area contributed by atoms with Gasteiger partial charge in [0.25, 0.3) is 0 Å². The lowest BCUT2D eigenvalue weighted by Gasteiger charge is -2.05. The van der Waals surface area contributed by atoms with Gasteiger partial charge in [-0.15, -0.1) is 0 Å². The van der Waals surface area contributed by atoms with Crippen molar-refractivity contribution < 1.29 is 4.52 Å². The molecule has 0 radical (unpaired) electrons. The van der Waals surface area contributed by atoms with Gasteiger partial charge in [-0.05, 0) is 17.7 Å². The Morgan fingerprint density at radius 2 is 2.19 bits per heavy atom. The number of halogens is 2. The Kier molecular flexibility index (Phi) is 3.98. The number of rotatable bonds is 4. The summed E-state index contributed by atoms with van der Waals surface area (Å²) in [6, 6.07) is 7.58. The molecule has 0 atom stereocenters. The van der Waals surface area contributed by atoms with Crippen LogP contribution in [0.5, 0.6) is 0 Å². The van der Waals surface area contributed by atoms with Crippen LogP contribution in [0.15, 0.2) is 39.5 Å². The zero-order valence-electron chi connectivity index (χ0n) is 8.41. The maximum Gasteiger partial charge on any atom is 0.124 e. The van der Waals surface area contributed by atoms with Crippen LogP contribution in [0.25, 0.3) is 0 Å². The van der Waals surface area contributed by atoms with Gasteiger partial charge in [0.15, 0.2) is 0 Å². The molecule has 0 saturated heterocycles. The SMILES string of the molecule is Clc1ccc(CNCc2ccon2)c(Br)c1. The van der Waals surface area contributed by atoms with Crippen molar-refractivity contribution in [2.24, 2.45) is 0 Å². The van der Waals surface area contributed by atoms with Crippen molar-refractivity contribution in [1.82, 2.24) is 10.5 Å². The lowest BCUT2D eigenvalue weighted by molar-refractivity contribution is 0.408. The van der Waals surface area contributed by atoms with E-state index in [0.717, 1.165) is 27.3 Å². The summed E-state index contributed by atoms with van der Waals surface area (Å²) >= 11 is 9.33. The molecular formula is C11H10BrClN2O. The normalized spacial score (nSPS) is 10.6. The third kappa shape index (κ3) is 3.07. The third-order valence-electron chi connectivity index (χ3n) is 2.13. The van der Waals surface area contributed by atoms with Crippen LogP contribution in [0.2, 0.25) is 5.02 Å². The standard InChI is InChI=1S/C11H10BrClN2O/c12-11-5-9(13)2-1-8(11)6-14-7-10-3-4-16-15-10/h1-5,14H,6-7H2. The average molecular weight is 302 g/mol. The molecule has 2 rings (SSSR count). The lowest BCUT2D eigenvalue weighted by atomic mass is 10.2. The summed E-state index contributed by atoms with van der Waals surface area (Å²) in [6.07, 6.45) is 1.56. The van der Waals surface area contributed by atoms with Crippen molar-refractivity contribution in [3.8, 4) is 0 Å². The van der Waals surface area contributed by atoms with Crippen LogP contribution in [0.1, 0.15) is 11.3 Å².